The molecule has 2 aliphatic rings. The van der Waals surface area contributed by atoms with Gasteiger partial charge in [-0.1, -0.05) is 11.6 Å². The molecule has 0 aromatic heterocycles. The van der Waals surface area contributed by atoms with E-state index in [1.54, 1.807) is 7.11 Å². The molecule has 2 saturated heterocycles. The zero-order valence-corrected chi connectivity index (χ0v) is 17.4. The Labute approximate surface area is 179 Å². The van der Waals surface area contributed by atoms with Crippen molar-refractivity contribution in [2.45, 2.75) is 6.42 Å². The first-order valence-corrected chi connectivity index (χ1v) is 10.3. The fourth-order valence-corrected chi connectivity index (χ4v) is 4.19. The molecule has 2 aliphatic heterocycles. The van der Waals surface area contributed by atoms with Crippen LogP contribution < -0.4 is 14.5 Å². The first-order chi connectivity index (χ1) is 14.5. The number of halogens is 2. The average Bonchev–Trinajstić information content (AvgIpc) is 3.17. The molecule has 2 fully saturated rings. The van der Waals surface area contributed by atoms with Crippen LogP contribution in [0, 0.1) is 11.7 Å². The molecular formula is C22H23ClFN3O3. The topological polar surface area (TPSA) is 53.1 Å². The maximum atomic E-state index is 13.4. The minimum Gasteiger partial charge on any atom is -0.497 e. The number of piperazine rings is 1. The highest BCUT2D eigenvalue weighted by Crippen LogP contribution is 2.30. The molecule has 0 N–H and O–H groups in total. The third kappa shape index (κ3) is 4.07. The van der Waals surface area contributed by atoms with Crippen LogP contribution in [0.25, 0.3) is 0 Å². The van der Waals surface area contributed by atoms with E-state index in [0.717, 1.165) is 24.5 Å². The van der Waals surface area contributed by atoms with Gasteiger partial charge in [0.25, 0.3) is 0 Å². The summed E-state index contributed by atoms with van der Waals surface area (Å²) in [6.07, 6.45) is 0.159. The predicted octanol–water partition coefficient (Wildman–Crippen LogP) is 3.19. The number of methoxy groups -OCH3 is 1. The van der Waals surface area contributed by atoms with Gasteiger partial charge >= 0.3 is 0 Å². The van der Waals surface area contributed by atoms with Crippen LogP contribution in [0.4, 0.5) is 15.8 Å². The van der Waals surface area contributed by atoms with Crippen LogP contribution >= 0.6 is 11.6 Å². The molecule has 4 rings (SSSR count). The molecule has 2 amide bonds. The largest absolute Gasteiger partial charge is 0.497 e. The van der Waals surface area contributed by atoms with Gasteiger partial charge < -0.3 is 19.4 Å². The summed E-state index contributed by atoms with van der Waals surface area (Å²) >= 11 is 5.84. The molecule has 30 heavy (non-hydrogen) atoms. The SMILES string of the molecule is COc1ccc(N2CCN(C(=O)[C@H]3CC(=O)N(c4ccc(F)c(Cl)c4)C3)CC2)cc1. The summed E-state index contributed by atoms with van der Waals surface area (Å²) in [7, 11) is 1.64. The van der Waals surface area contributed by atoms with Gasteiger partial charge in [-0.05, 0) is 42.5 Å². The average molecular weight is 432 g/mol. The van der Waals surface area contributed by atoms with Crippen LogP contribution in [-0.2, 0) is 9.59 Å². The number of hydrogen-bond donors (Lipinski definition) is 0. The molecule has 0 aliphatic carbocycles. The number of benzene rings is 2. The molecule has 0 saturated carbocycles. The van der Waals surface area contributed by atoms with E-state index in [4.69, 9.17) is 16.3 Å². The maximum absolute atomic E-state index is 13.4. The van der Waals surface area contributed by atoms with E-state index in [-0.39, 0.29) is 23.3 Å². The Morgan fingerprint density at radius 2 is 1.73 bits per heavy atom. The molecule has 2 aromatic carbocycles. The number of rotatable bonds is 4. The van der Waals surface area contributed by atoms with Gasteiger partial charge in [-0.25, -0.2) is 4.39 Å². The van der Waals surface area contributed by atoms with Crippen molar-refractivity contribution in [1.82, 2.24) is 4.90 Å². The van der Waals surface area contributed by atoms with Crippen LogP contribution in [0.1, 0.15) is 6.42 Å². The van der Waals surface area contributed by atoms with E-state index < -0.39 is 11.7 Å². The molecule has 0 unspecified atom stereocenters. The van der Waals surface area contributed by atoms with E-state index in [1.807, 2.05) is 29.2 Å². The van der Waals surface area contributed by atoms with Crippen molar-refractivity contribution in [2.75, 3.05) is 49.6 Å². The van der Waals surface area contributed by atoms with Crippen molar-refractivity contribution < 1.29 is 18.7 Å². The molecule has 1 atom stereocenters. The third-order valence-electron chi connectivity index (χ3n) is 5.72. The standard InChI is InChI=1S/C22H23ClFN3O3/c1-30-18-5-2-16(3-6-18)25-8-10-26(11-9-25)22(29)15-12-21(28)27(14-15)17-4-7-20(24)19(23)13-17/h2-7,13,15H,8-12,14H2,1H3/t15-/m0/s1. The molecule has 2 aromatic rings. The van der Waals surface area contributed by atoms with Crippen LogP contribution in [-0.4, -0.2) is 56.5 Å². The van der Waals surface area contributed by atoms with Gasteiger partial charge in [-0.2, -0.15) is 0 Å². The second-order valence-electron chi connectivity index (χ2n) is 7.51. The molecular weight excluding hydrogens is 409 g/mol. The van der Waals surface area contributed by atoms with E-state index in [1.165, 1.54) is 23.1 Å². The second-order valence-corrected chi connectivity index (χ2v) is 7.92. The van der Waals surface area contributed by atoms with E-state index in [9.17, 15) is 14.0 Å². The molecule has 6 nitrogen and oxygen atoms in total. The monoisotopic (exact) mass is 431 g/mol. The van der Waals surface area contributed by atoms with Gasteiger partial charge in [0.15, 0.2) is 0 Å². The van der Waals surface area contributed by atoms with Gasteiger partial charge in [0.05, 0.1) is 18.1 Å². The van der Waals surface area contributed by atoms with Crippen molar-refractivity contribution in [3.63, 3.8) is 0 Å². The Kier molecular flexibility index (Phi) is 5.81. The molecule has 0 spiro atoms. The summed E-state index contributed by atoms with van der Waals surface area (Å²) in [6, 6.07) is 12.0. The maximum Gasteiger partial charge on any atom is 0.228 e. The van der Waals surface area contributed by atoms with Crippen molar-refractivity contribution in [2.24, 2.45) is 5.92 Å². The lowest BCUT2D eigenvalue weighted by molar-refractivity contribution is -0.136. The number of anilines is 2. The first kappa shape index (κ1) is 20.5. The molecule has 158 valence electrons. The van der Waals surface area contributed by atoms with Crippen LogP contribution in [0.15, 0.2) is 42.5 Å². The van der Waals surface area contributed by atoms with Gasteiger partial charge in [0, 0.05) is 50.5 Å². The summed E-state index contributed by atoms with van der Waals surface area (Å²) in [5, 5.41) is -0.0373. The second kappa shape index (κ2) is 8.52. The minimum atomic E-state index is -0.533. The van der Waals surface area contributed by atoms with Gasteiger partial charge in [-0.15, -0.1) is 0 Å². The summed E-state index contributed by atoms with van der Waals surface area (Å²) < 4.78 is 18.6. The van der Waals surface area contributed by atoms with Crippen molar-refractivity contribution in [1.29, 1.82) is 0 Å². The molecule has 0 radical (unpaired) electrons. The van der Waals surface area contributed by atoms with Crippen molar-refractivity contribution in [3.8, 4) is 5.75 Å². The van der Waals surface area contributed by atoms with E-state index in [0.29, 0.717) is 25.3 Å². The number of hydrogen-bond acceptors (Lipinski definition) is 4. The van der Waals surface area contributed by atoms with Crippen molar-refractivity contribution >= 4 is 34.8 Å². The minimum absolute atomic E-state index is 0.00607. The zero-order chi connectivity index (χ0) is 21.3. The van der Waals surface area contributed by atoms with E-state index in [2.05, 4.69) is 4.90 Å². The molecule has 8 heteroatoms. The summed E-state index contributed by atoms with van der Waals surface area (Å²) in [6.45, 7) is 2.97. The predicted molar refractivity (Wildman–Crippen MR) is 114 cm³/mol. The van der Waals surface area contributed by atoms with Gasteiger partial charge in [-0.3, -0.25) is 9.59 Å². The lowest BCUT2D eigenvalue weighted by Crippen LogP contribution is -2.50. The number of nitrogens with zero attached hydrogens (tertiary/aromatic N) is 3. The highest BCUT2D eigenvalue weighted by atomic mass is 35.5. The quantitative estimate of drug-likeness (QED) is 0.746. The van der Waals surface area contributed by atoms with Crippen LogP contribution in [0.3, 0.4) is 0 Å². The third-order valence-corrected chi connectivity index (χ3v) is 6.01. The summed E-state index contributed by atoms with van der Waals surface area (Å²) in [5.41, 5.74) is 1.62. The fourth-order valence-electron chi connectivity index (χ4n) is 4.01. The molecule has 2 heterocycles. The lowest BCUT2D eigenvalue weighted by atomic mass is 10.1. The van der Waals surface area contributed by atoms with Crippen molar-refractivity contribution in [3.05, 3.63) is 53.3 Å². The Hall–Kier alpha value is -2.80. The van der Waals surface area contributed by atoms with Crippen LogP contribution in [0.5, 0.6) is 5.75 Å². The van der Waals surface area contributed by atoms with E-state index >= 15 is 0 Å². The number of amides is 2. The summed E-state index contributed by atoms with van der Waals surface area (Å²) in [4.78, 5) is 31.0. The Morgan fingerprint density at radius 3 is 2.37 bits per heavy atom. The Bertz CT molecular complexity index is 945. The molecule has 0 bridgehead atoms. The normalized spacial score (nSPS) is 19.4. The fraction of sp³-hybridized carbons (Fsp3) is 0.364. The van der Waals surface area contributed by atoms with Crippen LogP contribution in [0.2, 0.25) is 5.02 Å². The smallest absolute Gasteiger partial charge is 0.228 e. The number of carbonyl (C=O) groups excluding carboxylic acids is 2. The van der Waals surface area contributed by atoms with Gasteiger partial charge in [0.1, 0.15) is 11.6 Å². The summed E-state index contributed by atoms with van der Waals surface area (Å²) in [5.74, 6) is -0.268. The first-order valence-electron chi connectivity index (χ1n) is 9.89. The van der Waals surface area contributed by atoms with Gasteiger partial charge in [0.2, 0.25) is 11.8 Å². The zero-order valence-electron chi connectivity index (χ0n) is 16.7. The number of carbonyl (C=O) groups is 2. The Morgan fingerprint density at radius 1 is 1.07 bits per heavy atom. The Balaban J connectivity index is 1.36. The highest BCUT2D eigenvalue weighted by Gasteiger charge is 2.38. The number of ether oxygens (including phenoxy) is 1. The lowest BCUT2D eigenvalue weighted by Gasteiger charge is -2.37. The highest BCUT2D eigenvalue weighted by molar-refractivity contribution is 6.31.